The average Bonchev–Trinajstić information content (AvgIpc) is 2.96. The van der Waals surface area contributed by atoms with Crippen molar-refractivity contribution < 1.29 is 14.7 Å². The van der Waals surface area contributed by atoms with Crippen LogP contribution < -0.4 is 5.32 Å². The maximum Gasteiger partial charge on any atom is 0.294 e. The van der Waals surface area contributed by atoms with E-state index in [1.165, 1.54) is 11.3 Å². The summed E-state index contributed by atoms with van der Waals surface area (Å²) in [6.45, 7) is 1.77. The summed E-state index contributed by atoms with van der Waals surface area (Å²) < 4.78 is 0. The smallest absolute Gasteiger partial charge is 0.294 e. The van der Waals surface area contributed by atoms with E-state index in [9.17, 15) is 14.9 Å². The normalized spacial score (nSPS) is 11.7. The van der Waals surface area contributed by atoms with Crippen LogP contribution in [0.2, 0.25) is 0 Å². The third kappa shape index (κ3) is 5.22. The Kier molecular flexibility index (Phi) is 6.36. The van der Waals surface area contributed by atoms with E-state index in [1.807, 2.05) is 37.3 Å². The second-order valence-electron chi connectivity index (χ2n) is 4.48. The maximum atomic E-state index is 12.1. The van der Waals surface area contributed by atoms with Crippen LogP contribution in [-0.4, -0.2) is 27.7 Å². The third-order valence-electron chi connectivity index (χ3n) is 2.95. The number of carbonyl (C=O) groups excluding carboxylic acids is 1. The van der Waals surface area contributed by atoms with Gasteiger partial charge in [0.2, 0.25) is 0 Å². The Bertz CT molecular complexity index is 663. The first kappa shape index (κ1) is 17.2. The van der Waals surface area contributed by atoms with Crippen molar-refractivity contribution in [2.24, 2.45) is 0 Å². The fourth-order valence-corrected chi connectivity index (χ4v) is 3.36. The number of nitrogens with one attached hydrogen (secondary N) is 1. The molecule has 2 rings (SSSR count). The zero-order chi connectivity index (χ0) is 16.7. The van der Waals surface area contributed by atoms with Gasteiger partial charge in [0.1, 0.15) is 6.61 Å². The molecule has 1 unspecified atom stereocenters. The van der Waals surface area contributed by atoms with Gasteiger partial charge in [0.15, 0.2) is 0 Å². The fraction of sp³-hybridized carbons (Fsp3) is 0.286. The molecule has 7 nitrogen and oxygen atoms in total. The lowest BCUT2D eigenvalue weighted by atomic mass is 10.0. The van der Waals surface area contributed by atoms with Gasteiger partial charge in [-0.25, -0.2) is 4.98 Å². The van der Waals surface area contributed by atoms with Gasteiger partial charge in [0, 0.05) is 5.75 Å². The van der Waals surface area contributed by atoms with Crippen molar-refractivity contribution in [1.29, 1.82) is 0 Å². The molecular formula is C14H15N3O4S2. The number of amides is 1. The van der Waals surface area contributed by atoms with E-state index in [0.717, 1.165) is 27.9 Å². The van der Waals surface area contributed by atoms with Crippen molar-refractivity contribution in [1.82, 2.24) is 10.3 Å². The lowest BCUT2D eigenvalue weighted by Crippen LogP contribution is -2.26. The van der Waals surface area contributed by atoms with Crippen LogP contribution in [0.1, 0.15) is 22.2 Å². The van der Waals surface area contributed by atoms with E-state index in [4.69, 9.17) is 0 Å². The van der Waals surface area contributed by atoms with Crippen molar-refractivity contribution in [3.8, 4) is 0 Å². The molecule has 122 valence electrons. The number of thiazole rings is 1. The van der Waals surface area contributed by atoms with Gasteiger partial charge < -0.3 is 10.2 Å². The molecule has 1 atom stereocenters. The van der Waals surface area contributed by atoms with Gasteiger partial charge in [-0.05, 0) is 12.5 Å². The third-order valence-corrected chi connectivity index (χ3v) is 4.70. The number of carbonyl (C=O) groups is 1. The zero-order valence-electron chi connectivity index (χ0n) is 12.3. The van der Waals surface area contributed by atoms with Crippen LogP contribution in [0.25, 0.3) is 0 Å². The van der Waals surface area contributed by atoms with Gasteiger partial charge in [0.05, 0.1) is 22.1 Å². The summed E-state index contributed by atoms with van der Waals surface area (Å²) in [6, 6.07) is 9.30. The van der Waals surface area contributed by atoms with Gasteiger partial charge in [-0.1, -0.05) is 42.1 Å². The van der Waals surface area contributed by atoms with E-state index in [-0.39, 0.29) is 23.6 Å². The number of rotatable bonds is 7. The summed E-state index contributed by atoms with van der Waals surface area (Å²) in [5.74, 6) is 0.204. The molecule has 9 heteroatoms. The van der Waals surface area contributed by atoms with Crippen LogP contribution in [0.15, 0.2) is 35.8 Å². The van der Waals surface area contributed by atoms with Crippen LogP contribution in [0.4, 0.5) is 4.79 Å². The average molecular weight is 353 g/mol. The SMILES string of the molecule is Cc1ncsc1C(NC(=O)SCCO[N+](=O)[O-])c1ccccc1. The van der Waals surface area contributed by atoms with E-state index in [0.29, 0.717) is 0 Å². The molecule has 0 saturated carbocycles. The summed E-state index contributed by atoms with van der Waals surface area (Å²) in [5, 5.41) is 11.9. The maximum absolute atomic E-state index is 12.1. The molecule has 0 spiro atoms. The summed E-state index contributed by atoms with van der Waals surface area (Å²) in [6.07, 6.45) is 0. The summed E-state index contributed by atoms with van der Waals surface area (Å²) >= 11 is 2.43. The van der Waals surface area contributed by atoms with Crippen LogP contribution in [0.5, 0.6) is 0 Å². The largest absolute Gasteiger partial charge is 0.335 e. The van der Waals surface area contributed by atoms with E-state index < -0.39 is 5.09 Å². The molecule has 0 saturated heterocycles. The highest BCUT2D eigenvalue weighted by atomic mass is 32.2. The quantitative estimate of drug-likeness (QED) is 0.467. The molecule has 0 aliphatic rings. The van der Waals surface area contributed by atoms with Crippen LogP contribution in [-0.2, 0) is 4.84 Å². The predicted octanol–water partition coefficient (Wildman–Crippen LogP) is 3.19. The van der Waals surface area contributed by atoms with Gasteiger partial charge in [-0.3, -0.25) is 4.79 Å². The topological polar surface area (TPSA) is 94.4 Å². The molecule has 1 aromatic heterocycles. The van der Waals surface area contributed by atoms with Gasteiger partial charge in [-0.15, -0.1) is 21.5 Å². The van der Waals surface area contributed by atoms with E-state index >= 15 is 0 Å². The number of aromatic nitrogens is 1. The highest BCUT2D eigenvalue weighted by Gasteiger charge is 2.20. The Morgan fingerprint density at radius 1 is 1.48 bits per heavy atom. The standard InChI is InChI=1S/C14H15N3O4S2/c1-10-13(23-9-15-10)12(11-5-3-2-4-6-11)16-14(18)22-8-7-21-17(19)20/h2-6,9,12H,7-8H2,1H3,(H,16,18). The molecule has 1 heterocycles. The molecule has 23 heavy (non-hydrogen) atoms. The molecule has 0 radical (unpaired) electrons. The predicted molar refractivity (Wildman–Crippen MR) is 89.1 cm³/mol. The monoisotopic (exact) mass is 353 g/mol. The molecule has 0 bridgehead atoms. The summed E-state index contributed by atoms with van der Waals surface area (Å²) in [7, 11) is 0. The van der Waals surface area contributed by atoms with Crippen molar-refractivity contribution in [3.63, 3.8) is 0 Å². The number of thioether (sulfide) groups is 1. The van der Waals surface area contributed by atoms with Gasteiger partial charge >= 0.3 is 0 Å². The molecule has 1 aromatic carbocycles. The lowest BCUT2D eigenvalue weighted by Gasteiger charge is -2.18. The molecule has 0 fully saturated rings. The Hall–Kier alpha value is -2.13. The lowest BCUT2D eigenvalue weighted by molar-refractivity contribution is -0.756. The Labute approximate surface area is 141 Å². The number of benzene rings is 1. The Morgan fingerprint density at radius 2 is 2.22 bits per heavy atom. The van der Waals surface area contributed by atoms with E-state index in [2.05, 4.69) is 15.1 Å². The van der Waals surface area contributed by atoms with Gasteiger partial charge in [-0.2, -0.15) is 0 Å². The van der Waals surface area contributed by atoms with Crippen LogP contribution >= 0.6 is 23.1 Å². The van der Waals surface area contributed by atoms with Crippen LogP contribution in [0.3, 0.4) is 0 Å². The molecule has 0 aliphatic heterocycles. The van der Waals surface area contributed by atoms with Crippen molar-refractivity contribution in [3.05, 3.63) is 62.1 Å². The Balaban J connectivity index is 2.03. The highest BCUT2D eigenvalue weighted by molar-refractivity contribution is 8.13. The van der Waals surface area contributed by atoms with Crippen molar-refractivity contribution in [2.45, 2.75) is 13.0 Å². The number of hydrogen-bond acceptors (Lipinski definition) is 7. The molecule has 1 amide bonds. The zero-order valence-corrected chi connectivity index (χ0v) is 13.9. The first-order chi connectivity index (χ1) is 11.1. The minimum atomic E-state index is -0.869. The second-order valence-corrected chi connectivity index (χ2v) is 6.44. The summed E-state index contributed by atoms with van der Waals surface area (Å²) in [5.41, 5.74) is 3.56. The molecule has 1 N–H and O–H groups in total. The molecule has 0 aliphatic carbocycles. The Morgan fingerprint density at radius 3 is 2.83 bits per heavy atom. The number of nitrogens with zero attached hydrogens (tertiary/aromatic N) is 2. The van der Waals surface area contributed by atoms with Crippen molar-refractivity contribution in [2.75, 3.05) is 12.4 Å². The first-order valence-electron chi connectivity index (χ1n) is 6.73. The molecular weight excluding hydrogens is 338 g/mol. The highest BCUT2D eigenvalue weighted by Crippen LogP contribution is 2.28. The minimum absolute atomic E-state index is 0.124. The number of hydrogen-bond donors (Lipinski definition) is 1. The first-order valence-corrected chi connectivity index (χ1v) is 8.60. The van der Waals surface area contributed by atoms with Crippen LogP contribution in [0, 0.1) is 17.0 Å². The van der Waals surface area contributed by atoms with Crippen molar-refractivity contribution >= 4 is 28.3 Å². The molecule has 2 aromatic rings. The second kappa shape index (κ2) is 8.49. The number of aryl methyl sites for hydroxylation is 1. The fourth-order valence-electron chi connectivity index (χ4n) is 1.94. The minimum Gasteiger partial charge on any atom is -0.335 e. The summed E-state index contributed by atoms with van der Waals surface area (Å²) in [4.78, 5) is 31.5. The van der Waals surface area contributed by atoms with Gasteiger partial charge in [0.25, 0.3) is 10.3 Å². The van der Waals surface area contributed by atoms with E-state index in [1.54, 1.807) is 5.51 Å².